The molecule has 0 unspecified atom stereocenters. The number of para-hydroxylation sites is 1. The van der Waals surface area contributed by atoms with Gasteiger partial charge in [0.1, 0.15) is 11.6 Å². The van der Waals surface area contributed by atoms with Crippen molar-refractivity contribution in [3.8, 4) is 11.8 Å². The second kappa shape index (κ2) is 9.23. The van der Waals surface area contributed by atoms with Gasteiger partial charge in [-0.05, 0) is 43.2 Å². The third-order valence-electron chi connectivity index (χ3n) is 4.76. The molecule has 1 aromatic heterocycles. The molecule has 2 aromatic carbocycles. The van der Waals surface area contributed by atoms with Crippen molar-refractivity contribution in [2.75, 3.05) is 11.9 Å². The second-order valence-electron chi connectivity index (χ2n) is 7.31. The Bertz CT molecular complexity index is 1340. The standard InChI is InChI=1S/C22H19N5O5S/c23-12-16-13-24-27(18-6-2-1-3-7-18)21(16)25-20(28)14-32-22(29)15-5-4-8-19(11-15)33(30,31)26-17-9-10-17/h1-8,11,13,17,26H,9-10,14H2,(H,25,28). The van der Waals surface area contributed by atoms with Crippen molar-refractivity contribution < 1.29 is 22.7 Å². The van der Waals surface area contributed by atoms with E-state index in [1.54, 1.807) is 24.3 Å². The predicted molar refractivity (Wildman–Crippen MR) is 117 cm³/mol. The van der Waals surface area contributed by atoms with Crippen molar-refractivity contribution in [3.05, 3.63) is 71.9 Å². The molecule has 10 nitrogen and oxygen atoms in total. The van der Waals surface area contributed by atoms with Gasteiger partial charge >= 0.3 is 5.97 Å². The van der Waals surface area contributed by atoms with Crippen molar-refractivity contribution in [1.82, 2.24) is 14.5 Å². The highest BCUT2D eigenvalue weighted by molar-refractivity contribution is 7.89. The van der Waals surface area contributed by atoms with Gasteiger partial charge in [0, 0.05) is 6.04 Å². The smallest absolute Gasteiger partial charge is 0.338 e. The van der Waals surface area contributed by atoms with E-state index in [4.69, 9.17) is 4.74 Å². The number of aromatic nitrogens is 2. The maximum atomic E-state index is 12.4. The lowest BCUT2D eigenvalue weighted by Gasteiger charge is -2.10. The first kappa shape index (κ1) is 22.2. The Hall–Kier alpha value is -4.01. The minimum absolute atomic E-state index is 0.00601. The number of nitrogens with zero attached hydrogens (tertiary/aromatic N) is 3. The molecular weight excluding hydrogens is 446 g/mol. The molecule has 1 fully saturated rings. The summed E-state index contributed by atoms with van der Waals surface area (Å²) < 4.78 is 33.7. The van der Waals surface area contributed by atoms with Crippen LogP contribution in [0, 0.1) is 11.3 Å². The molecule has 1 aliphatic rings. The van der Waals surface area contributed by atoms with E-state index in [0.29, 0.717) is 5.69 Å². The van der Waals surface area contributed by atoms with Gasteiger partial charge in [-0.25, -0.2) is 22.6 Å². The molecule has 0 aliphatic heterocycles. The number of rotatable bonds is 8. The third kappa shape index (κ3) is 5.25. The van der Waals surface area contributed by atoms with Crippen molar-refractivity contribution >= 4 is 27.7 Å². The van der Waals surface area contributed by atoms with Crippen LogP contribution in [0.3, 0.4) is 0 Å². The van der Waals surface area contributed by atoms with E-state index < -0.39 is 28.5 Å². The Morgan fingerprint density at radius 2 is 1.91 bits per heavy atom. The van der Waals surface area contributed by atoms with E-state index in [-0.39, 0.29) is 27.9 Å². The molecular formula is C22H19N5O5S. The van der Waals surface area contributed by atoms with Crippen LogP contribution in [-0.2, 0) is 19.6 Å². The first-order chi connectivity index (χ1) is 15.9. The maximum Gasteiger partial charge on any atom is 0.338 e. The Balaban J connectivity index is 1.42. The zero-order valence-electron chi connectivity index (χ0n) is 17.3. The molecule has 1 saturated carbocycles. The van der Waals surface area contributed by atoms with Crippen molar-refractivity contribution in [2.45, 2.75) is 23.8 Å². The van der Waals surface area contributed by atoms with Gasteiger partial charge < -0.3 is 10.1 Å². The number of carbonyl (C=O) groups is 2. The Labute approximate surface area is 189 Å². The molecule has 0 bridgehead atoms. The summed E-state index contributed by atoms with van der Waals surface area (Å²) in [7, 11) is -3.73. The summed E-state index contributed by atoms with van der Waals surface area (Å²) in [6.07, 6.45) is 2.88. The predicted octanol–water partition coefficient (Wildman–Crippen LogP) is 1.98. The SMILES string of the molecule is N#Cc1cnn(-c2ccccc2)c1NC(=O)COC(=O)c1cccc(S(=O)(=O)NC2CC2)c1. The van der Waals surface area contributed by atoms with Crippen molar-refractivity contribution in [2.24, 2.45) is 0 Å². The molecule has 4 rings (SSSR count). The molecule has 33 heavy (non-hydrogen) atoms. The number of esters is 1. The van der Waals surface area contributed by atoms with Gasteiger partial charge in [-0.15, -0.1) is 0 Å². The molecule has 0 saturated heterocycles. The number of carbonyl (C=O) groups excluding carboxylic acids is 2. The van der Waals surface area contributed by atoms with E-state index in [1.807, 2.05) is 12.1 Å². The second-order valence-corrected chi connectivity index (χ2v) is 9.03. The number of hydrogen-bond acceptors (Lipinski definition) is 7. The first-order valence-corrected chi connectivity index (χ1v) is 11.5. The van der Waals surface area contributed by atoms with Crippen LogP contribution in [0.25, 0.3) is 5.69 Å². The number of anilines is 1. The number of nitriles is 1. The molecule has 1 aliphatic carbocycles. The lowest BCUT2D eigenvalue weighted by Crippen LogP contribution is -2.26. The third-order valence-corrected chi connectivity index (χ3v) is 6.28. The summed E-state index contributed by atoms with van der Waals surface area (Å²) >= 11 is 0. The fourth-order valence-electron chi connectivity index (χ4n) is 2.98. The number of hydrogen-bond donors (Lipinski definition) is 2. The lowest BCUT2D eigenvalue weighted by molar-refractivity contribution is -0.119. The van der Waals surface area contributed by atoms with E-state index in [1.165, 1.54) is 35.1 Å². The van der Waals surface area contributed by atoms with Crippen LogP contribution in [0.15, 0.2) is 65.7 Å². The van der Waals surface area contributed by atoms with Crippen molar-refractivity contribution in [3.63, 3.8) is 0 Å². The van der Waals surface area contributed by atoms with Crippen LogP contribution >= 0.6 is 0 Å². The first-order valence-electron chi connectivity index (χ1n) is 10.0. The van der Waals surface area contributed by atoms with E-state index in [9.17, 15) is 23.3 Å². The summed E-state index contributed by atoms with van der Waals surface area (Å²) in [6, 6.07) is 16.2. The fraction of sp³-hybridized carbons (Fsp3) is 0.182. The van der Waals surface area contributed by atoms with E-state index in [2.05, 4.69) is 15.1 Å². The van der Waals surface area contributed by atoms with Crippen LogP contribution < -0.4 is 10.0 Å². The van der Waals surface area contributed by atoms with Crippen molar-refractivity contribution in [1.29, 1.82) is 5.26 Å². The lowest BCUT2D eigenvalue weighted by atomic mass is 10.2. The molecule has 11 heteroatoms. The highest BCUT2D eigenvalue weighted by atomic mass is 32.2. The summed E-state index contributed by atoms with van der Waals surface area (Å²) in [5, 5.41) is 16.0. The van der Waals surface area contributed by atoms with Crippen LogP contribution in [0.4, 0.5) is 5.82 Å². The van der Waals surface area contributed by atoms with Gasteiger partial charge in [-0.3, -0.25) is 4.79 Å². The molecule has 2 N–H and O–H groups in total. The molecule has 168 valence electrons. The number of ether oxygens (including phenoxy) is 1. The minimum atomic E-state index is -3.73. The molecule has 1 heterocycles. The molecule has 1 amide bonds. The minimum Gasteiger partial charge on any atom is -0.452 e. The average Bonchev–Trinajstić information content (AvgIpc) is 3.54. The zero-order valence-corrected chi connectivity index (χ0v) is 18.1. The Morgan fingerprint density at radius 3 is 2.61 bits per heavy atom. The van der Waals surface area contributed by atoms with Gasteiger partial charge in [0.2, 0.25) is 10.0 Å². The molecule has 0 spiro atoms. The summed E-state index contributed by atoms with van der Waals surface area (Å²) in [5.41, 5.74) is 0.761. The monoisotopic (exact) mass is 465 g/mol. The highest BCUT2D eigenvalue weighted by Gasteiger charge is 2.28. The van der Waals surface area contributed by atoms with Crippen LogP contribution in [-0.4, -0.2) is 42.7 Å². The Morgan fingerprint density at radius 1 is 1.15 bits per heavy atom. The summed E-state index contributed by atoms with van der Waals surface area (Å²) in [4.78, 5) is 24.7. The molecule has 0 atom stereocenters. The van der Waals surface area contributed by atoms with Gasteiger partial charge in [-0.1, -0.05) is 24.3 Å². The normalized spacial score (nSPS) is 13.2. The van der Waals surface area contributed by atoms with Crippen LogP contribution in [0.2, 0.25) is 0 Å². The number of amides is 1. The largest absolute Gasteiger partial charge is 0.452 e. The van der Waals surface area contributed by atoms with Crippen LogP contribution in [0.1, 0.15) is 28.8 Å². The topological polar surface area (TPSA) is 143 Å². The van der Waals surface area contributed by atoms with Gasteiger partial charge in [0.15, 0.2) is 12.4 Å². The number of nitrogens with one attached hydrogen (secondary N) is 2. The quantitative estimate of drug-likeness (QED) is 0.484. The highest BCUT2D eigenvalue weighted by Crippen LogP contribution is 2.23. The summed E-state index contributed by atoms with van der Waals surface area (Å²) in [6.45, 7) is -0.638. The maximum absolute atomic E-state index is 12.4. The van der Waals surface area contributed by atoms with Gasteiger partial charge in [-0.2, -0.15) is 10.4 Å². The van der Waals surface area contributed by atoms with E-state index in [0.717, 1.165) is 12.8 Å². The fourth-order valence-corrected chi connectivity index (χ4v) is 4.33. The van der Waals surface area contributed by atoms with Crippen LogP contribution in [0.5, 0.6) is 0 Å². The Kier molecular flexibility index (Phi) is 6.21. The van der Waals surface area contributed by atoms with E-state index >= 15 is 0 Å². The number of benzene rings is 2. The average molecular weight is 465 g/mol. The van der Waals surface area contributed by atoms with Gasteiger partial charge in [0.05, 0.1) is 22.3 Å². The molecule has 3 aromatic rings. The molecule has 0 radical (unpaired) electrons. The van der Waals surface area contributed by atoms with Gasteiger partial charge in [0.25, 0.3) is 5.91 Å². The summed E-state index contributed by atoms with van der Waals surface area (Å²) in [5.74, 6) is -1.40. The number of sulfonamides is 1. The zero-order chi connectivity index (χ0) is 23.4.